The van der Waals surface area contributed by atoms with E-state index < -0.39 is 0 Å². The number of benzene rings is 2. The Morgan fingerprint density at radius 2 is 1.76 bits per heavy atom. The van der Waals surface area contributed by atoms with Gasteiger partial charge in [0.1, 0.15) is 11.5 Å². The summed E-state index contributed by atoms with van der Waals surface area (Å²) in [5.41, 5.74) is 4.80. The molecule has 0 atom stereocenters. The summed E-state index contributed by atoms with van der Waals surface area (Å²) in [5, 5.41) is 3.36. The summed E-state index contributed by atoms with van der Waals surface area (Å²) < 4.78 is 10.8. The molecule has 1 N–H and O–H groups in total. The first kappa shape index (κ1) is 15.4. The molecule has 0 saturated heterocycles. The second-order valence-electron chi connectivity index (χ2n) is 5.00. The molecule has 3 heteroatoms. The molecular weight excluding hydrogens is 262 g/mol. The lowest BCUT2D eigenvalue weighted by Crippen LogP contribution is -2.11. The number of rotatable bonds is 6. The molecular formula is C18H23NO2. The van der Waals surface area contributed by atoms with Gasteiger partial charge in [-0.25, -0.2) is 0 Å². The van der Waals surface area contributed by atoms with E-state index in [1.165, 1.54) is 16.7 Å². The van der Waals surface area contributed by atoms with E-state index in [-0.39, 0.29) is 0 Å². The van der Waals surface area contributed by atoms with Crippen molar-refractivity contribution >= 4 is 0 Å². The summed E-state index contributed by atoms with van der Waals surface area (Å²) in [7, 11) is 3.35. The Bertz CT molecular complexity index is 608. The Morgan fingerprint density at radius 1 is 0.952 bits per heavy atom. The smallest absolute Gasteiger partial charge is 0.130 e. The van der Waals surface area contributed by atoms with Crippen LogP contribution in [0.25, 0.3) is 11.1 Å². The van der Waals surface area contributed by atoms with Gasteiger partial charge in [-0.3, -0.25) is 0 Å². The van der Waals surface area contributed by atoms with Crippen LogP contribution in [0.2, 0.25) is 0 Å². The molecule has 0 unspecified atom stereocenters. The SMILES string of the molecule is CCNCc1ccc(C)c(-c2ccc(OC)cc2OC)c1. The van der Waals surface area contributed by atoms with E-state index in [2.05, 4.69) is 43.4 Å². The topological polar surface area (TPSA) is 30.5 Å². The van der Waals surface area contributed by atoms with Crippen molar-refractivity contribution in [3.63, 3.8) is 0 Å². The Kier molecular flexibility index (Phi) is 5.23. The Morgan fingerprint density at radius 3 is 2.43 bits per heavy atom. The molecule has 0 bridgehead atoms. The molecule has 0 heterocycles. The van der Waals surface area contributed by atoms with Crippen LogP contribution in [-0.4, -0.2) is 20.8 Å². The van der Waals surface area contributed by atoms with Crippen LogP contribution in [0.3, 0.4) is 0 Å². The summed E-state index contributed by atoms with van der Waals surface area (Å²) in [6.45, 7) is 6.08. The zero-order valence-electron chi connectivity index (χ0n) is 13.2. The van der Waals surface area contributed by atoms with Crippen LogP contribution in [0.15, 0.2) is 36.4 Å². The third-order valence-electron chi connectivity index (χ3n) is 3.58. The van der Waals surface area contributed by atoms with Gasteiger partial charge in [-0.1, -0.05) is 19.1 Å². The predicted octanol–water partition coefficient (Wildman–Crippen LogP) is 3.79. The second kappa shape index (κ2) is 7.14. The van der Waals surface area contributed by atoms with E-state index in [0.717, 1.165) is 30.2 Å². The maximum Gasteiger partial charge on any atom is 0.130 e. The maximum absolute atomic E-state index is 5.52. The molecule has 2 aromatic rings. The molecule has 112 valence electrons. The van der Waals surface area contributed by atoms with Crippen molar-refractivity contribution in [2.75, 3.05) is 20.8 Å². The van der Waals surface area contributed by atoms with Crippen LogP contribution in [-0.2, 0) is 6.54 Å². The quantitative estimate of drug-likeness (QED) is 0.876. The van der Waals surface area contributed by atoms with Gasteiger partial charge in [0.2, 0.25) is 0 Å². The summed E-state index contributed by atoms with van der Waals surface area (Å²) >= 11 is 0. The first-order valence-electron chi connectivity index (χ1n) is 7.22. The van der Waals surface area contributed by atoms with Gasteiger partial charge in [-0.05, 0) is 48.4 Å². The number of hydrogen-bond acceptors (Lipinski definition) is 3. The number of nitrogens with one attached hydrogen (secondary N) is 1. The van der Waals surface area contributed by atoms with Gasteiger partial charge in [0, 0.05) is 18.2 Å². The highest BCUT2D eigenvalue weighted by molar-refractivity contribution is 5.74. The van der Waals surface area contributed by atoms with Gasteiger partial charge in [-0.2, -0.15) is 0 Å². The number of ether oxygens (including phenoxy) is 2. The van der Waals surface area contributed by atoms with Crippen molar-refractivity contribution in [1.29, 1.82) is 0 Å². The molecule has 2 aromatic carbocycles. The van der Waals surface area contributed by atoms with Crippen LogP contribution < -0.4 is 14.8 Å². The fraction of sp³-hybridized carbons (Fsp3) is 0.333. The Balaban J connectivity index is 2.45. The third-order valence-corrected chi connectivity index (χ3v) is 3.58. The minimum absolute atomic E-state index is 0.803. The lowest BCUT2D eigenvalue weighted by atomic mass is 9.97. The highest BCUT2D eigenvalue weighted by Gasteiger charge is 2.10. The van der Waals surface area contributed by atoms with E-state index >= 15 is 0 Å². The Hall–Kier alpha value is -2.00. The van der Waals surface area contributed by atoms with Gasteiger partial charge in [0.05, 0.1) is 14.2 Å². The van der Waals surface area contributed by atoms with Crippen LogP contribution >= 0.6 is 0 Å². The molecule has 3 nitrogen and oxygen atoms in total. The number of hydrogen-bond donors (Lipinski definition) is 1. The van der Waals surface area contributed by atoms with Crippen molar-refractivity contribution in [1.82, 2.24) is 5.32 Å². The summed E-state index contributed by atoms with van der Waals surface area (Å²) in [6.07, 6.45) is 0. The van der Waals surface area contributed by atoms with Crippen molar-refractivity contribution in [3.05, 3.63) is 47.5 Å². The molecule has 0 aromatic heterocycles. The normalized spacial score (nSPS) is 10.5. The van der Waals surface area contributed by atoms with E-state index in [9.17, 15) is 0 Å². The van der Waals surface area contributed by atoms with E-state index in [1.54, 1.807) is 14.2 Å². The molecule has 0 spiro atoms. The number of aryl methyl sites for hydroxylation is 1. The summed E-state index contributed by atoms with van der Waals surface area (Å²) in [6, 6.07) is 12.5. The largest absolute Gasteiger partial charge is 0.497 e. The lowest BCUT2D eigenvalue weighted by Gasteiger charge is -2.14. The van der Waals surface area contributed by atoms with Crippen LogP contribution in [0.5, 0.6) is 11.5 Å². The highest BCUT2D eigenvalue weighted by atomic mass is 16.5. The number of methoxy groups -OCH3 is 2. The molecule has 0 fully saturated rings. The zero-order valence-corrected chi connectivity index (χ0v) is 13.2. The predicted molar refractivity (Wildman–Crippen MR) is 87.1 cm³/mol. The van der Waals surface area contributed by atoms with Crippen molar-refractivity contribution in [2.45, 2.75) is 20.4 Å². The Labute approximate surface area is 126 Å². The molecule has 21 heavy (non-hydrogen) atoms. The summed E-state index contributed by atoms with van der Waals surface area (Å²) in [4.78, 5) is 0. The lowest BCUT2D eigenvalue weighted by molar-refractivity contribution is 0.395. The van der Waals surface area contributed by atoms with Gasteiger partial charge < -0.3 is 14.8 Å². The fourth-order valence-electron chi connectivity index (χ4n) is 2.36. The van der Waals surface area contributed by atoms with Crippen LogP contribution in [0, 0.1) is 6.92 Å². The minimum Gasteiger partial charge on any atom is -0.497 e. The van der Waals surface area contributed by atoms with Gasteiger partial charge in [0.25, 0.3) is 0 Å². The summed E-state index contributed by atoms with van der Waals surface area (Å²) in [5.74, 6) is 1.63. The standard InChI is InChI=1S/C18H23NO2/c1-5-19-12-14-7-6-13(2)17(10-14)16-9-8-15(20-3)11-18(16)21-4/h6-11,19H,5,12H2,1-4H3. The van der Waals surface area contributed by atoms with Crippen molar-refractivity contribution < 1.29 is 9.47 Å². The zero-order chi connectivity index (χ0) is 15.2. The van der Waals surface area contributed by atoms with Gasteiger partial charge >= 0.3 is 0 Å². The van der Waals surface area contributed by atoms with E-state index in [1.807, 2.05) is 12.1 Å². The monoisotopic (exact) mass is 285 g/mol. The molecule has 0 amide bonds. The first-order chi connectivity index (χ1) is 10.2. The molecule has 0 aliphatic rings. The van der Waals surface area contributed by atoms with E-state index in [0.29, 0.717) is 0 Å². The van der Waals surface area contributed by atoms with Crippen LogP contribution in [0.4, 0.5) is 0 Å². The average Bonchev–Trinajstić information content (AvgIpc) is 2.53. The average molecular weight is 285 g/mol. The minimum atomic E-state index is 0.803. The van der Waals surface area contributed by atoms with Gasteiger partial charge in [0.15, 0.2) is 0 Å². The fourth-order valence-corrected chi connectivity index (χ4v) is 2.36. The second-order valence-corrected chi connectivity index (χ2v) is 5.00. The van der Waals surface area contributed by atoms with Crippen LogP contribution in [0.1, 0.15) is 18.1 Å². The highest BCUT2D eigenvalue weighted by Crippen LogP contribution is 2.35. The van der Waals surface area contributed by atoms with Gasteiger partial charge in [-0.15, -0.1) is 0 Å². The maximum atomic E-state index is 5.52. The van der Waals surface area contributed by atoms with E-state index in [4.69, 9.17) is 9.47 Å². The molecule has 0 radical (unpaired) electrons. The first-order valence-corrected chi connectivity index (χ1v) is 7.22. The molecule has 0 saturated carbocycles. The third kappa shape index (κ3) is 3.56. The van der Waals surface area contributed by atoms with Crippen molar-refractivity contribution in [3.8, 4) is 22.6 Å². The molecule has 0 aliphatic carbocycles. The van der Waals surface area contributed by atoms with Crippen molar-refractivity contribution in [2.24, 2.45) is 0 Å². The molecule has 2 rings (SSSR count). The molecule has 0 aliphatic heterocycles.